The number of rotatable bonds is 4. The van der Waals surface area contributed by atoms with Crippen LogP contribution < -0.4 is 4.57 Å². The number of aryl methyl sites for hydroxylation is 2. The molecular weight excluding hydrogens is 497 g/mol. The first-order valence-corrected chi connectivity index (χ1v) is 13.2. The molecule has 5 aromatic rings. The van der Waals surface area contributed by atoms with Crippen molar-refractivity contribution >= 4 is 21.9 Å². The number of fused-ring (bicyclic) bond motifs is 2. The van der Waals surface area contributed by atoms with Gasteiger partial charge in [0.2, 0.25) is 5.69 Å². The van der Waals surface area contributed by atoms with E-state index in [2.05, 4.69) is 73.6 Å². The van der Waals surface area contributed by atoms with Crippen LogP contribution in [-0.4, -0.2) is 11.2 Å². The Bertz CT molecular complexity index is 1700. The third-order valence-electron chi connectivity index (χ3n) is 7.67. The molecule has 2 heterocycles. The second-order valence-electron chi connectivity index (χ2n) is 12.2. The van der Waals surface area contributed by atoms with Crippen LogP contribution >= 0.6 is 0 Å². The number of oxazole rings is 1. The molecule has 0 amide bonds. The van der Waals surface area contributed by atoms with E-state index in [0.717, 1.165) is 16.8 Å². The van der Waals surface area contributed by atoms with E-state index in [1.165, 1.54) is 41.3 Å². The molecule has 3 nitrogen and oxygen atoms in total. The number of alkyl halides is 3. The summed E-state index contributed by atoms with van der Waals surface area (Å²) in [6.07, 6.45) is -2.62. The highest BCUT2D eigenvalue weighted by Crippen LogP contribution is 2.41. The Labute approximate surface area is 227 Å². The molecule has 202 valence electrons. The molecular formula is C33H34F3N2O+. The SMILES string of the molecule is Cc1c(-c2cc(-c3ccc4oc(CC(C)(C)C(F)(F)F)nc4c3)cc[n+]2C)cc(C(C)(C)C)c2ccccc12. The maximum Gasteiger partial charge on any atom is 0.394 e. The van der Waals surface area contributed by atoms with Gasteiger partial charge >= 0.3 is 6.18 Å². The molecule has 0 aliphatic rings. The predicted molar refractivity (Wildman–Crippen MR) is 151 cm³/mol. The third-order valence-corrected chi connectivity index (χ3v) is 7.67. The summed E-state index contributed by atoms with van der Waals surface area (Å²) in [7, 11) is 2.04. The summed E-state index contributed by atoms with van der Waals surface area (Å²) >= 11 is 0. The van der Waals surface area contributed by atoms with Gasteiger partial charge in [-0.1, -0.05) is 65.0 Å². The van der Waals surface area contributed by atoms with Crippen molar-refractivity contribution in [2.45, 2.75) is 59.6 Å². The molecule has 0 N–H and O–H groups in total. The highest BCUT2D eigenvalue weighted by atomic mass is 19.4. The molecule has 0 atom stereocenters. The zero-order valence-corrected chi connectivity index (χ0v) is 23.5. The Morgan fingerprint density at radius 1 is 0.846 bits per heavy atom. The molecule has 39 heavy (non-hydrogen) atoms. The molecule has 2 aromatic heterocycles. The van der Waals surface area contributed by atoms with Gasteiger partial charge in [-0.05, 0) is 63.6 Å². The van der Waals surface area contributed by atoms with E-state index in [-0.39, 0.29) is 17.7 Å². The number of aromatic nitrogens is 2. The average Bonchev–Trinajstić information content (AvgIpc) is 3.24. The fourth-order valence-electron chi connectivity index (χ4n) is 5.13. The molecule has 0 aliphatic carbocycles. The van der Waals surface area contributed by atoms with Crippen LogP contribution in [0.5, 0.6) is 0 Å². The maximum atomic E-state index is 13.4. The van der Waals surface area contributed by atoms with Crippen LogP contribution in [0.3, 0.4) is 0 Å². The van der Waals surface area contributed by atoms with E-state index in [4.69, 9.17) is 4.42 Å². The second-order valence-corrected chi connectivity index (χ2v) is 12.2. The van der Waals surface area contributed by atoms with Gasteiger partial charge in [0, 0.05) is 24.1 Å². The zero-order valence-electron chi connectivity index (χ0n) is 23.5. The number of nitrogens with zero attached hydrogens (tertiary/aromatic N) is 2. The molecule has 6 heteroatoms. The lowest BCUT2D eigenvalue weighted by Crippen LogP contribution is -2.34. The lowest BCUT2D eigenvalue weighted by molar-refractivity contribution is -0.660. The summed E-state index contributed by atoms with van der Waals surface area (Å²) in [6.45, 7) is 11.2. The third kappa shape index (κ3) is 4.93. The molecule has 3 aromatic carbocycles. The van der Waals surface area contributed by atoms with Crippen LogP contribution in [0.1, 0.15) is 51.6 Å². The number of benzene rings is 3. The smallest absolute Gasteiger partial charge is 0.394 e. The first-order chi connectivity index (χ1) is 18.2. The van der Waals surface area contributed by atoms with Crippen molar-refractivity contribution < 1.29 is 22.2 Å². The fourth-order valence-corrected chi connectivity index (χ4v) is 5.13. The molecule has 0 saturated carbocycles. The van der Waals surface area contributed by atoms with E-state index in [9.17, 15) is 13.2 Å². The molecule has 0 unspecified atom stereocenters. The van der Waals surface area contributed by atoms with E-state index < -0.39 is 11.6 Å². The van der Waals surface area contributed by atoms with Gasteiger partial charge in [0.1, 0.15) is 12.6 Å². The van der Waals surface area contributed by atoms with E-state index >= 15 is 0 Å². The minimum atomic E-state index is -4.34. The summed E-state index contributed by atoms with van der Waals surface area (Å²) in [5.41, 5.74) is 5.75. The predicted octanol–water partition coefficient (Wildman–Crippen LogP) is 8.88. The average molecular weight is 532 g/mol. The standard InChI is InChI=1S/C33H34F3N2O/c1-20-23-10-8-9-11-24(23)26(31(2,3)4)18-25(20)28-17-22(14-15-38(28)7)21-12-13-29-27(16-21)37-30(39-29)19-32(5,6)33(34,35)36/h8-18H,19H2,1-7H3/q+1. The first kappa shape index (κ1) is 26.9. The number of halogens is 3. The zero-order chi connectivity index (χ0) is 28.3. The van der Waals surface area contributed by atoms with Gasteiger partial charge in [-0.15, -0.1) is 0 Å². The highest BCUT2D eigenvalue weighted by molar-refractivity contribution is 5.94. The van der Waals surface area contributed by atoms with Crippen molar-refractivity contribution in [3.63, 3.8) is 0 Å². The van der Waals surface area contributed by atoms with Crippen LogP contribution in [-0.2, 0) is 18.9 Å². The summed E-state index contributed by atoms with van der Waals surface area (Å²) < 4.78 is 48.0. The minimum absolute atomic E-state index is 0.0331. The summed E-state index contributed by atoms with van der Waals surface area (Å²) in [5, 5.41) is 2.51. The van der Waals surface area contributed by atoms with Gasteiger partial charge in [-0.3, -0.25) is 0 Å². The lowest BCUT2D eigenvalue weighted by atomic mass is 9.80. The highest BCUT2D eigenvalue weighted by Gasteiger charge is 2.48. The van der Waals surface area contributed by atoms with Crippen molar-refractivity contribution in [1.29, 1.82) is 0 Å². The van der Waals surface area contributed by atoms with Crippen molar-refractivity contribution in [3.8, 4) is 22.4 Å². The normalized spacial score (nSPS) is 13.0. The first-order valence-electron chi connectivity index (χ1n) is 13.2. The van der Waals surface area contributed by atoms with Gasteiger partial charge in [0.25, 0.3) is 0 Å². The molecule has 0 aliphatic heterocycles. The number of hydrogen-bond acceptors (Lipinski definition) is 2. The minimum Gasteiger partial charge on any atom is -0.441 e. The van der Waals surface area contributed by atoms with Crippen LogP contribution in [0.4, 0.5) is 13.2 Å². The Morgan fingerprint density at radius 2 is 1.51 bits per heavy atom. The Kier molecular flexibility index (Phi) is 6.36. The molecule has 0 radical (unpaired) electrons. The van der Waals surface area contributed by atoms with Gasteiger partial charge < -0.3 is 4.42 Å². The van der Waals surface area contributed by atoms with E-state index in [1.807, 2.05) is 31.4 Å². The van der Waals surface area contributed by atoms with Crippen LogP contribution in [0.15, 0.2) is 71.3 Å². The van der Waals surface area contributed by atoms with Crippen molar-refractivity contribution in [2.24, 2.45) is 12.5 Å². The maximum absolute atomic E-state index is 13.4. The largest absolute Gasteiger partial charge is 0.441 e. The summed E-state index contributed by atoms with van der Waals surface area (Å²) in [4.78, 5) is 4.41. The number of hydrogen-bond donors (Lipinski definition) is 0. The summed E-state index contributed by atoms with van der Waals surface area (Å²) in [6, 6.07) is 20.7. The van der Waals surface area contributed by atoms with Crippen LogP contribution in [0.25, 0.3) is 44.3 Å². The van der Waals surface area contributed by atoms with Crippen LogP contribution in [0.2, 0.25) is 0 Å². The quantitative estimate of drug-likeness (QED) is 0.217. The van der Waals surface area contributed by atoms with E-state index in [0.29, 0.717) is 11.1 Å². The van der Waals surface area contributed by atoms with Crippen molar-refractivity contribution in [1.82, 2.24) is 4.98 Å². The van der Waals surface area contributed by atoms with Crippen molar-refractivity contribution in [2.75, 3.05) is 0 Å². The molecule has 5 rings (SSSR count). The van der Waals surface area contributed by atoms with Gasteiger partial charge in [0.05, 0.1) is 5.41 Å². The molecule has 0 spiro atoms. The Hall–Kier alpha value is -3.67. The van der Waals surface area contributed by atoms with Crippen molar-refractivity contribution in [3.05, 3.63) is 83.9 Å². The Balaban J connectivity index is 1.60. The lowest BCUT2D eigenvalue weighted by Gasteiger charge is -2.25. The molecule has 0 saturated heterocycles. The number of pyridine rings is 1. The fraction of sp³-hybridized carbons (Fsp3) is 0.333. The van der Waals surface area contributed by atoms with Gasteiger partial charge in [0.15, 0.2) is 17.7 Å². The second kappa shape index (κ2) is 9.22. The topological polar surface area (TPSA) is 29.9 Å². The monoisotopic (exact) mass is 531 g/mol. The summed E-state index contributed by atoms with van der Waals surface area (Å²) in [5.74, 6) is 0.0890. The Morgan fingerprint density at radius 3 is 2.18 bits per heavy atom. The van der Waals surface area contributed by atoms with Gasteiger partial charge in [-0.2, -0.15) is 13.2 Å². The molecule has 0 fully saturated rings. The van der Waals surface area contributed by atoms with E-state index in [1.54, 1.807) is 6.07 Å². The van der Waals surface area contributed by atoms with Gasteiger partial charge in [-0.25, -0.2) is 9.55 Å². The molecule has 0 bridgehead atoms. The van der Waals surface area contributed by atoms with Crippen LogP contribution in [0, 0.1) is 12.3 Å².